The summed E-state index contributed by atoms with van der Waals surface area (Å²) in [4.78, 5) is 16.5. The number of hydrogen-bond donors (Lipinski definition) is 1. The summed E-state index contributed by atoms with van der Waals surface area (Å²) in [7, 11) is 1.66. The van der Waals surface area contributed by atoms with Gasteiger partial charge in [-0.15, -0.1) is 12.4 Å². The minimum atomic E-state index is 0. The Labute approximate surface area is 129 Å². The average molecular weight is 305 g/mol. The van der Waals surface area contributed by atoms with Crippen molar-refractivity contribution < 1.29 is 4.74 Å². The normalized spacial score (nSPS) is 11.9. The molecular weight excluding hydrogens is 288 g/mol. The Morgan fingerprint density at radius 3 is 2.86 bits per heavy atom. The molecule has 1 N–H and O–H groups in total. The zero-order valence-corrected chi connectivity index (χ0v) is 12.7. The number of ether oxygens (including phenoxy) is 1. The second kappa shape index (κ2) is 6.54. The Kier molecular flexibility index (Phi) is 4.75. The third-order valence-electron chi connectivity index (χ3n) is 3.28. The van der Waals surface area contributed by atoms with Crippen molar-refractivity contribution in [2.45, 2.75) is 19.3 Å². The second-order valence-electron chi connectivity index (χ2n) is 4.79. The van der Waals surface area contributed by atoms with Crippen molar-refractivity contribution in [3.63, 3.8) is 0 Å². The molecule has 0 saturated heterocycles. The van der Waals surface area contributed by atoms with Crippen LogP contribution in [0, 0.1) is 0 Å². The maximum atomic E-state index is 5.22. The van der Waals surface area contributed by atoms with Crippen molar-refractivity contribution >= 4 is 23.6 Å². The van der Waals surface area contributed by atoms with Gasteiger partial charge in [0.2, 0.25) is 0 Å². The first kappa shape index (κ1) is 15.3. The minimum Gasteiger partial charge on any atom is -0.497 e. The van der Waals surface area contributed by atoms with E-state index in [0.29, 0.717) is 0 Å². The summed E-state index contributed by atoms with van der Waals surface area (Å²) in [6.45, 7) is 2.12. The summed E-state index contributed by atoms with van der Waals surface area (Å²) in [5.41, 5.74) is 2.71. The number of rotatable bonds is 4. The summed E-state index contributed by atoms with van der Waals surface area (Å²) >= 11 is 0. The monoisotopic (exact) mass is 304 g/mol. The average Bonchev–Trinajstić information content (AvgIpc) is 2.91. The highest BCUT2D eigenvalue weighted by Gasteiger charge is 2.13. The van der Waals surface area contributed by atoms with Gasteiger partial charge in [-0.05, 0) is 24.6 Å². The van der Waals surface area contributed by atoms with Gasteiger partial charge in [0.05, 0.1) is 7.11 Å². The van der Waals surface area contributed by atoms with Crippen molar-refractivity contribution in [2.75, 3.05) is 7.11 Å². The molecule has 0 fully saturated rings. The number of nitrogens with zero attached hydrogens (tertiary/aromatic N) is 3. The number of nitrogens with one attached hydrogen (secondary N) is 1. The summed E-state index contributed by atoms with van der Waals surface area (Å²) in [6.07, 6.45) is 4.33. The molecule has 3 rings (SSSR count). The fraction of sp³-hybridized carbons (Fsp3) is 0.267. The lowest BCUT2D eigenvalue weighted by molar-refractivity contribution is 0.413. The second-order valence-corrected chi connectivity index (χ2v) is 4.79. The Morgan fingerprint density at radius 1 is 1.24 bits per heavy atom. The molecule has 0 bridgehead atoms. The molecular formula is C15H17ClN4O. The zero-order valence-electron chi connectivity index (χ0n) is 11.9. The van der Waals surface area contributed by atoms with Gasteiger partial charge in [0.25, 0.3) is 0 Å². The van der Waals surface area contributed by atoms with E-state index in [4.69, 9.17) is 4.74 Å². The van der Waals surface area contributed by atoms with E-state index in [-0.39, 0.29) is 18.3 Å². The van der Waals surface area contributed by atoms with Gasteiger partial charge in [-0.2, -0.15) is 0 Å². The quantitative estimate of drug-likeness (QED) is 0.804. The van der Waals surface area contributed by atoms with Gasteiger partial charge >= 0.3 is 0 Å². The van der Waals surface area contributed by atoms with Gasteiger partial charge in [0, 0.05) is 30.1 Å². The molecule has 0 aromatic carbocycles. The highest BCUT2D eigenvalue weighted by molar-refractivity contribution is 5.85. The van der Waals surface area contributed by atoms with Gasteiger partial charge < -0.3 is 9.72 Å². The van der Waals surface area contributed by atoms with Crippen LogP contribution in [0.5, 0.6) is 5.75 Å². The molecule has 0 amide bonds. The van der Waals surface area contributed by atoms with Crippen LogP contribution in [0.1, 0.15) is 24.4 Å². The van der Waals surface area contributed by atoms with Crippen LogP contribution in [-0.2, 0) is 6.42 Å². The Bertz CT molecular complexity index is 695. The number of aromatic amines is 1. The van der Waals surface area contributed by atoms with Crippen LogP contribution >= 0.6 is 12.4 Å². The van der Waals surface area contributed by atoms with Crippen LogP contribution in [0.2, 0.25) is 0 Å². The maximum Gasteiger partial charge on any atom is 0.157 e. The molecule has 1 atom stereocenters. The third kappa shape index (κ3) is 3.31. The lowest BCUT2D eigenvalue weighted by Gasteiger charge is -2.08. The molecule has 0 aliphatic carbocycles. The van der Waals surface area contributed by atoms with Gasteiger partial charge in [-0.3, -0.25) is 4.98 Å². The maximum absolute atomic E-state index is 5.22. The highest BCUT2D eigenvalue weighted by Crippen LogP contribution is 2.21. The number of aromatic nitrogens is 4. The van der Waals surface area contributed by atoms with E-state index in [1.54, 1.807) is 19.5 Å². The first-order valence-corrected chi connectivity index (χ1v) is 6.56. The van der Waals surface area contributed by atoms with Gasteiger partial charge in [0.15, 0.2) is 5.65 Å². The van der Waals surface area contributed by atoms with E-state index < -0.39 is 0 Å². The van der Waals surface area contributed by atoms with Gasteiger partial charge in [-0.1, -0.05) is 6.92 Å². The standard InChI is InChI=1S/C15H16N4O.ClH/c1-10(8-11-9-12(20-2)5-7-16-11)14-18-13-4-3-6-17-15(13)19-14;/h3-7,9-10H,8H2,1-2H3,(H,17,18,19);1H. The summed E-state index contributed by atoms with van der Waals surface area (Å²) in [6, 6.07) is 7.65. The number of hydrogen-bond acceptors (Lipinski definition) is 4. The number of imidazole rings is 1. The zero-order chi connectivity index (χ0) is 13.9. The predicted molar refractivity (Wildman–Crippen MR) is 84.0 cm³/mol. The molecule has 6 heteroatoms. The fourth-order valence-corrected chi connectivity index (χ4v) is 2.20. The van der Waals surface area contributed by atoms with E-state index >= 15 is 0 Å². The third-order valence-corrected chi connectivity index (χ3v) is 3.28. The van der Waals surface area contributed by atoms with E-state index in [9.17, 15) is 0 Å². The molecule has 1 unspecified atom stereocenters. The Hall–Kier alpha value is -2.14. The topological polar surface area (TPSA) is 63.7 Å². The highest BCUT2D eigenvalue weighted by atomic mass is 35.5. The van der Waals surface area contributed by atoms with E-state index in [2.05, 4.69) is 26.9 Å². The van der Waals surface area contributed by atoms with Crippen LogP contribution in [0.25, 0.3) is 11.2 Å². The number of H-pyrrole nitrogens is 1. The molecule has 0 radical (unpaired) electrons. The number of pyridine rings is 2. The SMILES string of the molecule is COc1ccnc(CC(C)c2nc3cccnc3[nH]2)c1.Cl. The van der Waals surface area contributed by atoms with Crippen molar-refractivity contribution in [3.05, 3.63) is 48.2 Å². The Morgan fingerprint density at radius 2 is 2.10 bits per heavy atom. The van der Waals surface area contributed by atoms with Gasteiger partial charge in [0.1, 0.15) is 17.1 Å². The molecule has 3 aromatic heterocycles. The lowest BCUT2D eigenvalue weighted by atomic mass is 10.0. The predicted octanol–water partition coefficient (Wildman–Crippen LogP) is 3.13. The van der Waals surface area contributed by atoms with Gasteiger partial charge in [-0.25, -0.2) is 9.97 Å². The first-order valence-electron chi connectivity index (χ1n) is 6.56. The largest absolute Gasteiger partial charge is 0.497 e. The fourth-order valence-electron chi connectivity index (χ4n) is 2.20. The van der Waals surface area contributed by atoms with Crippen LogP contribution in [0.15, 0.2) is 36.7 Å². The van der Waals surface area contributed by atoms with Crippen LogP contribution in [0.3, 0.4) is 0 Å². The molecule has 21 heavy (non-hydrogen) atoms. The van der Waals surface area contributed by atoms with Crippen LogP contribution < -0.4 is 4.74 Å². The molecule has 5 nitrogen and oxygen atoms in total. The van der Waals surface area contributed by atoms with Crippen molar-refractivity contribution in [1.29, 1.82) is 0 Å². The molecule has 110 valence electrons. The molecule has 3 heterocycles. The van der Waals surface area contributed by atoms with E-state index in [1.807, 2.05) is 24.3 Å². The first-order chi connectivity index (χ1) is 9.76. The smallest absolute Gasteiger partial charge is 0.157 e. The lowest BCUT2D eigenvalue weighted by Crippen LogP contribution is -2.02. The minimum absolute atomic E-state index is 0. The van der Waals surface area contributed by atoms with Crippen molar-refractivity contribution in [1.82, 2.24) is 19.9 Å². The Balaban J connectivity index is 0.00000161. The molecule has 0 aliphatic rings. The van der Waals surface area contributed by atoms with Crippen LogP contribution in [0.4, 0.5) is 0 Å². The molecule has 0 spiro atoms. The molecule has 0 aliphatic heterocycles. The summed E-state index contributed by atoms with van der Waals surface area (Å²) in [5, 5.41) is 0. The number of fused-ring (bicyclic) bond motifs is 1. The van der Waals surface area contributed by atoms with Crippen molar-refractivity contribution in [2.24, 2.45) is 0 Å². The molecule has 3 aromatic rings. The summed E-state index contributed by atoms with van der Waals surface area (Å²) < 4.78 is 5.22. The number of methoxy groups -OCH3 is 1. The van der Waals surface area contributed by atoms with Crippen LogP contribution in [-0.4, -0.2) is 27.0 Å². The van der Waals surface area contributed by atoms with E-state index in [1.165, 1.54) is 0 Å². The van der Waals surface area contributed by atoms with E-state index in [0.717, 1.165) is 34.9 Å². The summed E-state index contributed by atoms with van der Waals surface area (Å²) in [5.74, 6) is 2.00. The van der Waals surface area contributed by atoms with Crippen molar-refractivity contribution in [3.8, 4) is 5.75 Å². The molecule has 0 saturated carbocycles. The number of halogens is 1.